The number of imidazole rings is 2. The summed E-state index contributed by atoms with van der Waals surface area (Å²) in [6.45, 7) is 10.5. The summed E-state index contributed by atoms with van der Waals surface area (Å²) in [7, 11) is 1.50. The Bertz CT molecular complexity index is 2400. The third-order valence-electron chi connectivity index (χ3n) is 8.07. The quantitative estimate of drug-likeness (QED) is 0.103. The zero-order valence-electron chi connectivity index (χ0n) is 31.7. The van der Waals surface area contributed by atoms with Crippen molar-refractivity contribution in [3.05, 3.63) is 94.6 Å². The van der Waals surface area contributed by atoms with Crippen LogP contribution in [-0.2, 0) is 37.4 Å². The predicted molar refractivity (Wildman–Crippen MR) is 209 cm³/mol. The molecule has 55 heavy (non-hydrogen) atoms. The number of hydrogen-bond donors (Lipinski definition) is 4. The SMILES string of the molecule is CC(N)=O.CCn1nc(C)cc1C(=O)Nc1nc2ccccc2n1C/C=C/Cn1c(NC(=O)c2cc(C)nn2CC)nc2cc(C=O)cc(CC#N)c21.CN. The molecule has 6 rings (SSSR count). The number of nitrogens with zero attached hydrogens (tertiary/aromatic N) is 9. The number of amides is 3. The van der Waals surface area contributed by atoms with Crippen molar-refractivity contribution in [1.82, 2.24) is 38.7 Å². The maximum atomic E-state index is 13.4. The molecule has 17 nitrogen and oxygen atoms in total. The third-order valence-corrected chi connectivity index (χ3v) is 8.07. The number of aryl methyl sites for hydroxylation is 4. The van der Waals surface area contributed by atoms with Gasteiger partial charge in [-0.05, 0) is 76.7 Å². The van der Waals surface area contributed by atoms with E-state index in [-0.39, 0.29) is 36.6 Å². The van der Waals surface area contributed by atoms with Gasteiger partial charge in [0.15, 0.2) is 0 Å². The molecule has 4 heterocycles. The number of primary amides is 1. The number of allylic oxidation sites excluding steroid dienone is 2. The second kappa shape index (κ2) is 18.7. The Morgan fingerprint density at radius 3 is 1.85 bits per heavy atom. The fourth-order valence-corrected chi connectivity index (χ4v) is 5.93. The average molecular weight is 748 g/mol. The highest BCUT2D eigenvalue weighted by Crippen LogP contribution is 2.27. The first-order valence-corrected chi connectivity index (χ1v) is 17.5. The van der Waals surface area contributed by atoms with Crippen molar-refractivity contribution in [1.29, 1.82) is 5.26 Å². The first-order chi connectivity index (χ1) is 26.5. The Kier molecular flexibility index (Phi) is 13.9. The van der Waals surface area contributed by atoms with Crippen LogP contribution in [0.3, 0.4) is 0 Å². The van der Waals surface area contributed by atoms with E-state index in [1.807, 2.05) is 73.2 Å². The van der Waals surface area contributed by atoms with Crippen molar-refractivity contribution in [3.8, 4) is 6.07 Å². The van der Waals surface area contributed by atoms with Crippen LogP contribution in [0.15, 0.2) is 60.7 Å². The molecule has 0 bridgehead atoms. The Morgan fingerprint density at radius 2 is 1.33 bits per heavy atom. The lowest BCUT2D eigenvalue weighted by atomic mass is 10.1. The minimum atomic E-state index is -0.384. The summed E-state index contributed by atoms with van der Waals surface area (Å²) in [6.07, 6.45) is 4.60. The second-order valence-electron chi connectivity index (χ2n) is 12.0. The number of nitrogens with one attached hydrogen (secondary N) is 2. The van der Waals surface area contributed by atoms with E-state index in [0.717, 1.165) is 16.7 Å². The summed E-state index contributed by atoms with van der Waals surface area (Å²) >= 11 is 0. The molecule has 0 spiro atoms. The topological polar surface area (TPSA) is 239 Å². The number of nitrogens with two attached hydrogens (primary N) is 2. The van der Waals surface area contributed by atoms with Crippen molar-refractivity contribution in [2.45, 2.75) is 67.2 Å². The molecule has 6 N–H and O–H groups in total. The summed E-state index contributed by atoms with van der Waals surface area (Å²) < 4.78 is 6.99. The van der Waals surface area contributed by atoms with Gasteiger partial charge in [-0.3, -0.25) is 39.2 Å². The Morgan fingerprint density at radius 1 is 0.818 bits per heavy atom. The van der Waals surface area contributed by atoms with Crippen LogP contribution in [0, 0.1) is 25.2 Å². The van der Waals surface area contributed by atoms with E-state index in [4.69, 9.17) is 0 Å². The highest BCUT2D eigenvalue weighted by molar-refractivity contribution is 6.04. The number of carbonyl (C=O) groups excluding carboxylic acids is 4. The van der Waals surface area contributed by atoms with Crippen LogP contribution in [0.25, 0.3) is 22.1 Å². The van der Waals surface area contributed by atoms with Crippen LogP contribution in [-0.4, -0.2) is 69.7 Å². The molecule has 0 saturated carbocycles. The number of carbonyl (C=O) groups is 4. The lowest BCUT2D eigenvalue weighted by molar-refractivity contribution is -0.115. The minimum Gasteiger partial charge on any atom is -0.370 e. The van der Waals surface area contributed by atoms with Gasteiger partial charge in [-0.25, -0.2) is 9.97 Å². The van der Waals surface area contributed by atoms with Gasteiger partial charge in [0.05, 0.1) is 45.9 Å². The zero-order chi connectivity index (χ0) is 40.2. The van der Waals surface area contributed by atoms with Crippen LogP contribution >= 0.6 is 0 Å². The first-order valence-electron chi connectivity index (χ1n) is 17.5. The van der Waals surface area contributed by atoms with Gasteiger partial charge in [0.25, 0.3) is 11.8 Å². The van der Waals surface area contributed by atoms with Crippen molar-refractivity contribution >= 4 is 58.0 Å². The standard InChI is InChI=1S/C35H35N11O3.C2H5NO.CH5N/c1-5-45-29(17-22(3)41-45)32(48)39-34-37-26-11-7-8-12-28(26)43(34)15-9-10-16-44-31-25(13-14-36)19-24(21-47)20-27(31)38-35(44)40-33(49)30-18-23(4)42-46(30)6-2;1-2(3)4;1-2/h7-12,17-21H,5-6,13,15-16H2,1-4H3,(H,37,39,48)(H,38,40,49);1H3,(H2,3,4);2H2,1H3/b10-9+;;. The number of anilines is 2. The van der Waals surface area contributed by atoms with Crippen molar-refractivity contribution in [2.24, 2.45) is 11.5 Å². The fourth-order valence-electron chi connectivity index (χ4n) is 5.93. The summed E-state index contributed by atoms with van der Waals surface area (Å²) in [4.78, 5) is 57.1. The molecule has 286 valence electrons. The number of nitriles is 1. The van der Waals surface area contributed by atoms with E-state index < -0.39 is 0 Å². The smallest absolute Gasteiger partial charge is 0.276 e. The normalized spacial score (nSPS) is 10.7. The number of aromatic nitrogens is 8. The third kappa shape index (κ3) is 9.55. The lowest BCUT2D eigenvalue weighted by Gasteiger charge is -2.11. The second-order valence-corrected chi connectivity index (χ2v) is 12.0. The molecular formula is C38H45N13O4. The van der Waals surface area contributed by atoms with Gasteiger partial charge in [-0.2, -0.15) is 15.5 Å². The van der Waals surface area contributed by atoms with E-state index in [9.17, 15) is 24.4 Å². The van der Waals surface area contributed by atoms with Gasteiger partial charge in [0.1, 0.15) is 17.7 Å². The average Bonchev–Trinajstić information content (AvgIpc) is 3.93. The number of hydrogen-bond acceptors (Lipinski definition) is 10. The van der Waals surface area contributed by atoms with E-state index >= 15 is 0 Å². The van der Waals surface area contributed by atoms with Crippen molar-refractivity contribution in [3.63, 3.8) is 0 Å². The predicted octanol–water partition coefficient (Wildman–Crippen LogP) is 4.14. The maximum Gasteiger partial charge on any atom is 0.276 e. The van der Waals surface area contributed by atoms with Crippen LogP contribution in [0.1, 0.15) is 69.1 Å². The molecule has 0 aliphatic carbocycles. The molecule has 0 aliphatic rings. The first kappa shape index (κ1) is 40.8. The molecule has 0 unspecified atom stereocenters. The lowest BCUT2D eigenvalue weighted by Crippen LogP contribution is -2.20. The molecule has 0 saturated heterocycles. The Hall–Kier alpha value is -6.93. The largest absolute Gasteiger partial charge is 0.370 e. The molecule has 0 aliphatic heterocycles. The van der Waals surface area contributed by atoms with E-state index in [0.29, 0.717) is 71.1 Å². The zero-order valence-corrected chi connectivity index (χ0v) is 31.7. The van der Waals surface area contributed by atoms with Gasteiger partial charge in [-0.1, -0.05) is 24.3 Å². The minimum absolute atomic E-state index is 0.0450. The number of para-hydroxylation sites is 2. The number of fused-ring (bicyclic) bond motifs is 2. The molecule has 0 fully saturated rings. The molecule has 17 heteroatoms. The molecule has 3 amide bonds. The molecule has 0 radical (unpaired) electrons. The molecule has 0 atom stereocenters. The summed E-state index contributed by atoms with van der Waals surface area (Å²) in [6, 6.07) is 16.5. The monoisotopic (exact) mass is 747 g/mol. The Labute approximate surface area is 317 Å². The van der Waals surface area contributed by atoms with Crippen LogP contribution in [0.4, 0.5) is 11.9 Å². The van der Waals surface area contributed by atoms with Crippen LogP contribution in [0.5, 0.6) is 0 Å². The van der Waals surface area contributed by atoms with E-state index in [1.54, 1.807) is 33.6 Å². The van der Waals surface area contributed by atoms with Crippen molar-refractivity contribution in [2.75, 3.05) is 17.7 Å². The molecule has 4 aromatic heterocycles. The fraction of sp³-hybridized carbons (Fsp3) is 0.289. The molecule has 6 aromatic rings. The number of rotatable bonds is 12. The van der Waals surface area contributed by atoms with E-state index in [1.165, 1.54) is 14.0 Å². The highest BCUT2D eigenvalue weighted by Gasteiger charge is 2.21. The highest BCUT2D eigenvalue weighted by atomic mass is 16.2. The summed E-state index contributed by atoms with van der Waals surface area (Å²) in [5, 5.41) is 24.2. The van der Waals surface area contributed by atoms with Crippen LogP contribution < -0.4 is 22.1 Å². The summed E-state index contributed by atoms with van der Waals surface area (Å²) in [5.41, 5.74) is 14.9. The van der Waals surface area contributed by atoms with Gasteiger partial charge in [0, 0.05) is 38.7 Å². The maximum absolute atomic E-state index is 13.4. The van der Waals surface area contributed by atoms with Crippen molar-refractivity contribution < 1.29 is 19.2 Å². The summed E-state index contributed by atoms with van der Waals surface area (Å²) in [5.74, 6) is -0.380. The Balaban J connectivity index is 0.00000105. The molecular weight excluding hydrogens is 703 g/mol. The van der Waals surface area contributed by atoms with Gasteiger partial charge in [0.2, 0.25) is 17.8 Å². The van der Waals surface area contributed by atoms with E-state index in [2.05, 4.69) is 48.3 Å². The van der Waals surface area contributed by atoms with Gasteiger partial charge >= 0.3 is 0 Å². The molecule has 2 aromatic carbocycles. The van der Waals surface area contributed by atoms with Gasteiger partial charge in [-0.15, -0.1) is 0 Å². The number of benzene rings is 2. The van der Waals surface area contributed by atoms with Crippen LogP contribution in [0.2, 0.25) is 0 Å². The number of aldehydes is 1. The van der Waals surface area contributed by atoms with Gasteiger partial charge < -0.3 is 20.6 Å².